The lowest BCUT2D eigenvalue weighted by Gasteiger charge is -2.22. The van der Waals surface area contributed by atoms with Gasteiger partial charge in [-0.05, 0) is 13.0 Å². The highest BCUT2D eigenvalue weighted by Gasteiger charge is 2.09. The third-order valence-corrected chi connectivity index (χ3v) is 3.84. The first-order valence-corrected chi connectivity index (χ1v) is 9.24. The van der Waals surface area contributed by atoms with Gasteiger partial charge in [-0.3, -0.25) is 4.99 Å². The molecular weight excluding hydrogens is 453 g/mol. The molecule has 23 heavy (non-hydrogen) atoms. The van der Waals surface area contributed by atoms with Crippen molar-refractivity contribution >= 4 is 51.6 Å². The minimum absolute atomic E-state index is 0. The number of sulfonamides is 1. The van der Waals surface area contributed by atoms with Crippen LogP contribution in [0.1, 0.15) is 12.6 Å². The summed E-state index contributed by atoms with van der Waals surface area (Å²) in [6.07, 6.45) is 2.98. The van der Waals surface area contributed by atoms with Gasteiger partial charge in [0.25, 0.3) is 0 Å². The summed E-state index contributed by atoms with van der Waals surface area (Å²) in [5.74, 6) is 0.718. The van der Waals surface area contributed by atoms with Crippen LogP contribution in [0.25, 0.3) is 0 Å². The smallest absolute Gasteiger partial charge is 0.208 e. The number of rotatable bonds is 7. The van der Waals surface area contributed by atoms with E-state index in [2.05, 4.69) is 15.0 Å². The maximum absolute atomic E-state index is 11.0. The summed E-state index contributed by atoms with van der Waals surface area (Å²) >= 11 is 5.98. The van der Waals surface area contributed by atoms with Crippen LogP contribution in [0.2, 0.25) is 5.02 Å². The Balaban J connectivity index is 0.00000484. The summed E-state index contributed by atoms with van der Waals surface area (Å²) in [6.45, 7) is 4.01. The van der Waals surface area contributed by atoms with Gasteiger partial charge in [-0.2, -0.15) is 0 Å². The lowest BCUT2D eigenvalue weighted by molar-refractivity contribution is 0.462. The topological polar surface area (TPSA) is 78.7 Å². The van der Waals surface area contributed by atoms with E-state index in [9.17, 15) is 8.42 Å². The maximum Gasteiger partial charge on any atom is 0.208 e. The van der Waals surface area contributed by atoms with Crippen LogP contribution in [-0.2, 0) is 23.6 Å². The second-order valence-electron chi connectivity index (χ2n) is 5.02. The Hall–Kier alpha value is -0.520. The minimum Gasteiger partial charge on any atom is -0.357 e. The van der Waals surface area contributed by atoms with Crippen LogP contribution in [-0.4, -0.2) is 56.8 Å². The standard InChI is InChI=1S/C13H24ClN5O2S.HI/c1-5-15-13(16-6-7-17-22(4,20)21)19(3)10-12-8-11(14)9-18(12)2;/h8-9,17H,5-7,10H2,1-4H3,(H,15,16);1H. The van der Waals surface area contributed by atoms with Gasteiger partial charge in [0.05, 0.1) is 24.4 Å². The van der Waals surface area contributed by atoms with Crippen LogP contribution in [0.5, 0.6) is 0 Å². The van der Waals surface area contributed by atoms with Crippen molar-refractivity contribution in [3.8, 4) is 0 Å². The van der Waals surface area contributed by atoms with Gasteiger partial charge in [-0.1, -0.05) is 11.6 Å². The van der Waals surface area contributed by atoms with Crippen molar-refractivity contribution in [2.45, 2.75) is 13.5 Å². The lowest BCUT2D eigenvalue weighted by atomic mass is 10.4. The number of nitrogens with one attached hydrogen (secondary N) is 2. The molecule has 0 radical (unpaired) electrons. The van der Waals surface area contributed by atoms with Crippen molar-refractivity contribution in [1.82, 2.24) is 19.5 Å². The fourth-order valence-electron chi connectivity index (χ4n) is 1.90. The predicted octanol–water partition coefficient (Wildman–Crippen LogP) is 1.24. The molecule has 0 saturated heterocycles. The summed E-state index contributed by atoms with van der Waals surface area (Å²) in [7, 11) is 0.685. The van der Waals surface area contributed by atoms with Crippen molar-refractivity contribution in [2.24, 2.45) is 12.0 Å². The Bertz CT molecular complexity index is 618. The van der Waals surface area contributed by atoms with E-state index in [1.54, 1.807) is 0 Å². The Morgan fingerprint density at radius 2 is 2.13 bits per heavy atom. The molecule has 0 aliphatic rings. The number of aryl methyl sites for hydroxylation is 1. The van der Waals surface area contributed by atoms with Gasteiger partial charge >= 0.3 is 0 Å². The third-order valence-electron chi connectivity index (χ3n) is 2.91. The maximum atomic E-state index is 11.0. The molecule has 0 unspecified atom stereocenters. The van der Waals surface area contributed by atoms with Crippen molar-refractivity contribution in [2.75, 3.05) is 32.9 Å². The number of guanidine groups is 1. The highest BCUT2D eigenvalue weighted by Crippen LogP contribution is 2.14. The molecule has 1 rings (SSSR count). The van der Waals surface area contributed by atoms with Gasteiger partial charge in [0.15, 0.2) is 5.96 Å². The molecule has 1 heterocycles. The summed E-state index contributed by atoms with van der Waals surface area (Å²) in [5.41, 5.74) is 1.06. The van der Waals surface area contributed by atoms with E-state index in [1.807, 2.05) is 42.7 Å². The summed E-state index contributed by atoms with van der Waals surface area (Å²) in [5, 5.41) is 3.88. The quantitative estimate of drug-likeness (QED) is 0.268. The van der Waals surface area contributed by atoms with Gasteiger partial charge < -0.3 is 14.8 Å². The van der Waals surface area contributed by atoms with Crippen molar-refractivity contribution < 1.29 is 8.42 Å². The number of halogens is 2. The highest BCUT2D eigenvalue weighted by atomic mass is 127. The molecule has 0 bridgehead atoms. The van der Waals surface area contributed by atoms with Crippen LogP contribution in [0.4, 0.5) is 0 Å². The molecule has 0 atom stereocenters. The minimum atomic E-state index is -3.18. The van der Waals surface area contributed by atoms with E-state index in [1.165, 1.54) is 0 Å². The summed E-state index contributed by atoms with van der Waals surface area (Å²) in [6, 6.07) is 1.91. The molecule has 134 valence electrons. The molecule has 0 aliphatic carbocycles. The van der Waals surface area contributed by atoms with Gasteiger partial charge in [0.2, 0.25) is 10.0 Å². The summed E-state index contributed by atoms with van der Waals surface area (Å²) < 4.78 is 26.4. The largest absolute Gasteiger partial charge is 0.357 e. The lowest BCUT2D eigenvalue weighted by Crippen LogP contribution is -2.39. The second-order valence-corrected chi connectivity index (χ2v) is 7.29. The van der Waals surface area contributed by atoms with Crippen LogP contribution in [0.3, 0.4) is 0 Å². The zero-order valence-electron chi connectivity index (χ0n) is 13.8. The highest BCUT2D eigenvalue weighted by molar-refractivity contribution is 14.0. The van der Waals surface area contributed by atoms with Crippen molar-refractivity contribution in [1.29, 1.82) is 0 Å². The predicted molar refractivity (Wildman–Crippen MR) is 106 cm³/mol. The van der Waals surface area contributed by atoms with E-state index in [-0.39, 0.29) is 30.5 Å². The Morgan fingerprint density at radius 3 is 2.61 bits per heavy atom. The van der Waals surface area contributed by atoms with E-state index < -0.39 is 10.0 Å². The molecule has 7 nitrogen and oxygen atoms in total. The zero-order valence-corrected chi connectivity index (χ0v) is 17.7. The molecule has 10 heteroatoms. The molecule has 0 aromatic carbocycles. The molecule has 1 aromatic rings. The Labute approximate surface area is 160 Å². The van der Waals surface area contributed by atoms with Crippen LogP contribution < -0.4 is 10.0 Å². The fourth-order valence-corrected chi connectivity index (χ4v) is 2.64. The molecule has 0 saturated carbocycles. The summed E-state index contributed by atoms with van der Waals surface area (Å²) in [4.78, 5) is 6.38. The number of hydrogen-bond donors (Lipinski definition) is 2. The third kappa shape index (κ3) is 8.77. The molecule has 0 amide bonds. The fraction of sp³-hybridized carbons (Fsp3) is 0.615. The van der Waals surface area contributed by atoms with Gasteiger partial charge in [-0.25, -0.2) is 13.1 Å². The average molecular weight is 478 g/mol. The molecular formula is C13H25ClIN5O2S. The number of aromatic nitrogens is 1. The molecule has 0 aliphatic heterocycles. The Kier molecular flexibility index (Phi) is 10.1. The van der Waals surface area contributed by atoms with E-state index in [0.29, 0.717) is 18.1 Å². The first kappa shape index (κ1) is 22.5. The van der Waals surface area contributed by atoms with Crippen molar-refractivity contribution in [3.63, 3.8) is 0 Å². The van der Waals surface area contributed by atoms with E-state index in [0.717, 1.165) is 24.5 Å². The molecule has 0 spiro atoms. The number of aliphatic imine (C=N–C) groups is 1. The first-order valence-electron chi connectivity index (χ1n) is 6.97. The van der Waals surface area contributed by atoms with E-state index >= 15 is 0 Å². The zero-order chi connectivity index (χ0) is 16.8. The van der Waals surface area contributed by atoms with Crippen LogP contribution in [0.15, 0.2) is 17.3 Å². The number of nitrogens with zero attached hydrogens (tertiary/aromatic N) is 3. The second kappa shape index (κ2) is 10.4. The van der Waals surface area contributed by atoms with E-state index in [4.69, 9.17) is 11.6 Å². The Morgan fingerprint density at radius 1 is 1.48 bits per heavy atom. The monoisotopic (exact) mass is 477 g/mol. The van der Waals surface area contributed by atoms with Gasteiger partial charge in [0.1, 0.15) is 0 Å². The van der Waals surface area contributed by atoms with Crippen LogP contribution >= 0.6 is 35.6 Å². The van der Waals surface area contributed by atoms with Crippen molar-refractivity contribution in [3.05, 3.63) is 23.0 Å². The van der Waals surface area contributed by atoms with Crippen LogP contribution in [0, 0.1) is 0 Å². The molecule has 0 fully saturated rings. The normalized spacial score (nSPS) is 12.0. The number of hydrogen-bond acceptors (Lipinski definition) is 3. The molecule has 1 aromatic heterocycles. The van der Waals surface area contributed by atoms with Gasteiger partial charge in [-0.15, -0.1) is 24.0 Å². The first-order chi connectivity index (χ1) is 10.2. The SMILES string of the molecule is CCNC(=NCCNS(C)(=O)=O)N(C)Cc1cc(Cl)cn1C.I. The molecule has 2 N–H and O–H groups in total. The van der Waals surface area contributed by atoms with Gasteiger partial charge in [0, 0.05) is 39.1 Å². The average Bonchev–Trinajstić information content (AvgIpc) is 2.70.